The van der Waals surface area contributed by atoms with Crippen LogP contribution in [0, 0.1) is 12.8 Å². The molecule has 8 heteroatoms. The first-order valence-corrected chi connectivity index (χ1v) is 9.42. The molecule has 0 radical (unpaired) electrons. The van der Waals surface area contributed by atoms with Gasteiger partial charge < -0.3 is 5.32 Å². The molecule has 1 heterocycles. The van der Waals surface area contributed by atoms with E-state index in [0.29, 0.717) is 17.1 Å². The highest BCUT2D eigenvalue weighted by atomic mass is 35.5. The Labute approximate surface area is 162 Å². The maximum Gasteiger partial charge on any atom is 0.334 e. The number of carbonyl (C=O) groups excluding carboxylic acids is 4. The van der Waals surface area contributed by atoms with Crippen LogP contribution in [0.25, 0.3) is 0 Å². The van der Waals surface area contributed by atoms with Gasteiger partial charge in [-0.25, -0.2) is 9.69 Å². The quantitative estimate of drug-likeness (QED) is 0.631. The summed E-state index contributed by atoms with van der Waals surface area (Å²) in [5, 5.41) is 3.09. The molecule has 2 fully saturated rings. The van der Waals surface area contributed by atoms with E-state index in [0.717, 1.165) is 34.6 Å². The summed E-state index contributed by atoms with van der Waals surface area (Å²) in [4.78, 5) is 51.5. The third kappa shape index (κ3) is 3.83. The number of carbonyl (C=O) groups is 4. The fourth-order valence-electron chi connectivity index (χ4n) is 3.70. The van der Waals surface area contributed by atoms with E-state index in [-0.39, 0.29) is 12.0 Å². The van der Waals surface area contributed by atoms with Gasteiger partial charge in [-0.15, -0.1) is 0 Å². The second-order valence-corrected chi connectivity index (χ2v) is 7.62. The molecule has 2 aliphatic rings. The van der Waals surface area contributed by atoms with Gasteiger partial charge in [0.15, 0.2) is 0 Å². The predicted octanol–water partition coefficient (Wildman–Crippen LogP) is 2.96. The van der Waals surface area contributed by atoms with Crippen molar-refractivity contribution in [3.05, 3.63) is 28.8 Å². The average Bonchev–Trinajstić information content (AvgIpc) is 2.82. The minimum absolute atomic E-state index is 0.141. The summed E-state index contributed by atoms with van der Waals surface area (Å²) in [5.74, 6) is -2.21. The van der Waals surface area contributed by atoms with Gasteiger partial charge in [-0.1, -0.05) is 37.4 Å². The Morgan fingerprint density at radius 2 is 1.89 bits per heavy atom. The minimum Gasteiger partial charge on any atom is -0.324 e. The smallest absolute Gasteiger partial charge is 0.324 e. The number of amides is 5. The van der Waals surface area contributed by atoms with Crippen molar-refractivity contribution < 1.29 is 19.2 Å². The molecule has 27 heavy (non-hydrogen) atoms. The molecule has 1 N–H and O–H groups in total. The number of hydrogen-bond donors (Lipinski definition) is 1. The van der Waals surface area contributed by atoms with Crippen LogP contribution in [-0.4, -0.2) is 46.1 Å². The molecule has 1 saturated carbocycles. The lowest BCUT2D eigenvalue weighted by atomic mass is 9.85. The Hall–Kier alpha value is -2.41. The van der Waals surface area contributed by atoms with E-state index in [9.17, 15) is 19.2 Å². The van der Waals surface area contributed by atoms with Crippen molar-refractivity contribution in [2.45, 2.75) is 45.6 Å². The number of anilines is 1. The highest BCUT2D eigenvalue weighted by molar-refractivity contribution is 6.45. The SMILES string of the molecule is Cc1ccc(Cl)cc1NC(=O)CN1C(=O)C(=O)N([C@H]2CCCC[C@H]2C)C1=O. The summed E-state index contributed by atoms with van der Waals surface area (Å²) >= 11 is 5.93. The number of benzene rings is 1. The maximum absolute atomic E-state index is 12.7. The number of hydrogen-bond acceptors (Lipinski definition) is 4. The molecular weight excluding hydrogens is 370 g/mol. The predicted molar refractivity (Wildman–Crippen MR) is 100 cm³/mol. The molecule has 0 aromatic heterocycles. The van der Waals surface area contributed by atoms with Crippen LogP contribution in [0.3, 0.4) is 0 Å². The van der Waals surface area contributed by atoms with Crippen LogP contribution in [0.4, 0.5) is 10.5 Å². The van der Waals surface area contributed by atoms with Crippen molar-refractivity contribution in [2.24, 2.45) is 5.92 Å². The zero-order valence-corrected chi connectivity index (χ0v) is 16.1. The largest absolute Gasteiger partial charge is 0.334 e. The first-order chi connectivity index (χ1) is 12.8. The third-order valence-electron chi connectivity index (χ3n) is 5.26. The molecule has 0 spiro atoms. The van der Waals surface area contributed by atoms with Crippen molar-refractivity contribution in [2.75, 3.05) is 11.9 Å². The van der Waals surface area contributed by atoms with Gasteiger partial charge in [0.1, 0.15) is 6.54 Å². The normalized spacial score (nSPS) is 23.1. The summed E-state index contributed by atoms with van der Waals surface area (Å²) in [6, 6.07) is 4.04. The van der Waals surface area contributed by atoms with Gasteiger partial charge >= 0.3 is 17.8 Å². The Kier molecular flexibility index (Phi) is 5.51. The van der Waals surface area contributed by atoms with Crippen LogP contribution in [0.5, 0.6) is 0 Å². The van der Waals surface area contributed by atoms with E-state index in [1.54, 1.807) is 25.1 Å². The molecule has 1 aliphatic carbocycles. The van der Waals surface area contributed by atoms with Crippen molar-refractivity contribution in [3.63, 3.8) is 0 Å². The van der Waals surface area contributed by atoms with Crippen LogP contribution >= 0.6 is 11.6 Å². The van der Waals surface area contributed by atoms with E-state index in [4.69, 9.17) is 11.6 Å². The molecule has 7 nitrogen and oxygen atoms in total. The number of rotatable bonds is 4. The fraction of sp³-hybridized carbons (Fsp3) is 0.474. The first-order valence-electron chi connectivity index (χ1n) is 9.04. The van der Waals surface area contributed by atoms with Gasteiger partial charge in [0, 0.05) is 16.8 Å². The molecule has 1 saturated heterocycles. The fourth-order valence-corrected chi connectivity index (χ4v) is 3.87. The van der Waals surface area contributed by atoms with Gasteiger partial charge in [0.2, 0.25) is 5.91 Å². The summed E-state index contributed by atoms with van der Waals surface area (Å²) in [5.41, 5.74) is 1.29. The summed E-state index contributed by atoms with van der Waals surface area (Å²) in [6.07, 6.45) is 3.56. The van der Waals surface area contributed by atoms with Gasteiger partial charge in [-0.3, -0.25) is 19.3 Å². The Balaban J connectivity index is 1.72. The monoisotopic (exact) mass is 391 g/mol. The van der Waals surface area contributed by atoms with Crippen LogP contribution in [-0.2, 0) is 14.4 Å². The number of urea groups is 1. The second-order valence-electron chi connectivity index (χ2n) is 7.19. The highest BCUT2D eigenvalue weighted by Gasteiger charge is 2.49. The molecule has 1 aromatic rings. The van der Waals surface area contributed by atoms with Gasteiger partial charge in [-0.2, -0.15) is 0 Å². The first kappa shape index (κ1) is 19.4. The highest BCUT2D eigenvalue weighted by Crippen LogP contribution is 2.31. The summed E-state index contributed by atoms with van der Waals surface area (Å²) < 4.78 is 0. The minimum atomic E-state index is -0.948. The zero-order valence-electron chi connectivity index (χ0n) is 15.3. The summed E-state index contributed by atoms with van der Waals surface area (Å²) in [7, 11) is 0. The van der Waals surface area contributed by atoms with Gasteiger partial charge in [0.25, 0.3) is 0 Å². The Morgan fingerprint density at radius 1 is 1.19 bits per heavy atom. The number of aryl methyl sites for hydroxylation is 1. The van der Waals surface area contributed by atoms with Crippen LogP contribution in [0.1, 0.15) is 38.2 Å². The van der Waals surface area contributed by atoms with Crippen molar-refractivity contribution in [1.29, 1.82) is 0 Å². The number of nitrogens with one attached hydrogen (secondary N) is 1. The lowest BCUT2D eigenvalue weighted by Gasteiger charge is -2.34. The molecule has 1 aliphatic heterocycles. The molecule has 5 amide bonds. The molecule has 2 atom stereocenters. The lowest BCUT2D eigenvalue weighted by Crippen LogP contribution is -2.46. The van der Waals surface area contributed by atoms with Gasteiger partial charge in [-0.05, 0) is 43.4 Å². The topological polar surface area (TPSA) is 86.8 Å². The van der Waals surface area contributed by atoms with E-state index in [1.165, 1.54) is 0 Å². The second kappa shape index (κ2) is 7.68. The van der Waals surface area contributed by atoms with Gasteiger partial charge in [0.05, 0.1) is 0 Å². The molecule has 144 valence electrons. The van der Waals surface area contributed by atoms with Crippen molar-refractivity contribution >= 4 is 41.0 Å². The average molecular weight is 392 g/mol. The van der Waals surface area contributed by atoms with Crippen LogP contribution < -0.4 is 5.32 Å². The number of halogens is 1. The van der Waals surface area contributed by atoms with E-state index in [1.807, 2.05) is 6.92 Å². The molecule has 0 unspecified atom stereocenters. The van der Waals surface area contributed by atoms with E-state index in [2.05, 4.69) is 5.32 Å². The summed E-state index contributed by atoms with van der Waals surface area (Å²) in [6.45, 7) is 3.27. The Morgan fingerprint density at radius 3 is 2.59 bits per heavy atom. The Bertz CT molecular complexity index is 810. The standard InChI is InChI=1S/C19H22ClN3O4/c1-11-7-8-13(20)9-14(11)21-16(24)10-22-17(25)18(26)23(19(22)27)15-6-4-3-5-12(15)2/h7-9,12,15H,3-6,10H2,1-2H3,(H,21,24)/t12-,15+/m1/s1. The molecule has 3 rings (SSSR count). The molecular formula is C19H22ClN3O4. The molecule has 0 bridgehead atoms. The van der Waals surface area contributed by atoms with Crippen molar-refractivity contribution in [1.82, 2.24) is 9.80 Å². The van der Waals surface area contributed by atoms with Crippen molar-refractivity contribution in [3.8, 4) is 0 Å². The van der Waals surface area contributed by atoms with Crippen LogP contribution in [0.2, 0.25) is 5.02 Å². The lowest BCUT2D eigenvalue weighted by molar-refractivity contribution is -0.145. The van der Waals surface area contributed by atoms with Crippen LogP contribution in [0.15, 0.2) is 18.2 Å². The van der Waals surface area contributed by atoms with E-state index < -0.39 is 30.3 Å². The number of nitrogens with zero attached hydrogens (tertiary/aromatic N) is 2. The zero-order chi connectivity index (χ0) is 19.7. The third-order valence-corrected chi connectivity index (χ3v) is 5.49. The molecule has 1 aromatic carbocycles. The maximum atomic E-state index is 12.7. The number of imide groups is 2. The van der Waals surface area contributed by atoms with E-state index >= 15 is 0 Å².